The van der Waals surface area contributed by atoms with E-state index >= 15 is 0 Å². The fourth-order valence-electron chi connectivity index (χ4n) is 3.17. The quantitative estimate of drug-likeness (QED) is 0.762. The van der Waals surface area contributed by atoms with Crippen molar-refractivity contribution in [3.05, 3.63) is 65.7 Å². The van der Waals surface area contributed by atoms with E-state index in [-0.39, 0.29) is 18.3 Å². The lowest BCUT2D eigenvalue weighted by molar-refractivity contribution is -0.136. The molecule has 1 saturated heterocycles. The summed E-state index contributed by atoms with van der Waals surface area (Å²) in [5.41, 5.74) is 7.52. The Morgan fingerprint density at radius 1 is 1.07 bits per heavy atom. The number of nitrogens with two attached hydrogens (primary N) is 1. The first-order chi connectivity index (χ1) is 12.7. The summed E-state index contributed by atoms with van der Waals surface area (Å²) in [6.45, 7) is 2.53. The molecule has 0 saturated carbocycles. The van der Waals surface area contributed by atoms with E-state index in [0.717, 1.165) is 16.9 Å². The molecular formula is C21H27ClN2O3. The molecular weight excluding hydrogens is 364 g/mol. The summed E-state index contributed by atoms with van der Waals surface area (Å²) in [6.07, 6.45) is 1.36. The van der Waals surface area contributed by atoms with E-state index in [1.165, 1.54) is 0 Å². The number of nitrogens with one attached hydrogen (secondary N) is 1. The molecule has 1 heterocycles. The topological polar surface area (TPSA) is 73.6 Å². The average molecular weight is 391 g/mol. The Kier molecular flexibility index (Phi) is 8.10. The van der Waals surface area contributed by atoms with Gasteiger partial charge in [-0.15, -0.1) is 12.4 Å². The minimum Gasteiger partial charge on any atom is -0.489 e. The zero-order chi connectivity index (χ0) is 18.2. The maximum Gasteiger partial charge on any atom is 0.227 e. The molecule has 27 heavy (non-hydrogen) atoms. The van der Waals surface area contributed by atoms with Gasteiger partial charge in [-0.25, -0.2) is 0 Å². The van der Waals surface area contributed by atoms with Gasteiger partial charge < -0.3 is 20.5 Å². The van der Waals surface area contributed by atoms with Crippen molar-refractivity contribution < 1.29 is 14.3 Å². The number of rotatable bonds is 7. The molecule has 1 aliphatic rings. The fourth-order valence-corrected chi connectivity index (χ4v) is 3.17. The second-order valence-corrected chi connectivity index (χ2v) is 6.70. The zero-order valence-corrected chi connectivity index (χ0v) is 16.2. The lowest BCUT2D eigenvalue weighted by Gasteiger charge is -2.34. The first-order valence-corrected chi connectivity index (χ1v) is 9.04. The van der Waals surface area contributed by atoms with Crippen LogP contribution in [0.4, 0.5) is 0 Å². The van der Waals surface area contributed by atoms with Gasteiger partial charge in [0.1, 0.15) is 12.4 Å². The first-order valence-electron chi connectivity index (χ1n) is 9.04. The van der Waals surface area contributed by atoms with Gasteiger partial charge in [0.25, 0.3) is 0 Å². The fraction of sp³-hybridized carbons (Fsp3) is 0.381. The van der Waals surface area contributed by atoms with Gasteiger partial charge in [-0.2, -0.15) is 0 Å². The van der Waals surface area contributed by atoms with Crippen LogP contribution in [-0.4, -0.2) is 25.7 Å². The molecule has 1 amide bonds. The zero-order valence-electron chi connectivity index (χ0n) is 15.4. The summed E-state index contributed by atoms with van der Waals surface area (Å²) in [6, 6.07) is 17.8. The Morgan fingerprint density at radius 3 is 2.48 bits per heavy atom. The van der Waals surface area contributed by atoms with Crippen LogP contribution in [0.25, 0.3) is 0 Å². The van der Waals surface area contributed by atoms with Crippen LogP contribution >= 0.6 is 12.4 Å². The highest BCUT2D eigenvalue weighted by Crippen LogP contribution is 2.29. The number of hydrogen-bond acceptors (Lipinski definition) is 4. The third kappa shape index (κ3) is 5.70. The number of amides is 1. The summed E-state index contributed by atoms with van der Waals surface area (Å²) < 4.78 is 11.2. The van der Waals surface area contributed by atoms with Crippen molar-refractivity contribution in [2.24, 2.45) is 11.1 Å². The predicted octanol–water partition coefficient (Wildman–Crippen LogP) is 3.06. The maximum atomic E-state index is 12.6. The highest BCUT2D eigenvalue weighted by Gasteiger charge is 2.38. The molecule has 6 heteroatoms. The van der Waals surface area contributed by atoms with Crippen LogP contribution in [0.3, 0.4) is 0 Å². The molecule has 0 radical (unpaired) electrons. The molecule has 3 N–H and O–H groups in total. The second kappa shape index (κ2) is 10.3. The monoisotopic (exact) mass is 390 g/mol. The number of ether oxygens (including phenoxy) is 2. The standard InChI is InChI=1S/C21H26N2O3.ClH/c22-16-21(9-11-25-12-10-21)20(24)23-14-17-5-4-6-18(13-17)15-26-19-7-2-1-3-8-19;/h1-8,13H,9-12,14-16,22H2,(H,23,24);1H. The van der Waals surface area contributed by atoms with Crippen LogP contribution < -0.4 is 15.8 Å². The number of carbonyl (C=O) groups excluding carboxylic acids is 1. The maximum absolute atomic E-state index is 12.6. The minimum atomic E-state index is -0.494. The Morgan fingerprint density at radius 2 is 1.78 bits per heavy atom. The Hall–Kier alpha value is -2.08. The Bertz CT molecular complexity index is 718. The molecule has 2 aromatic carbocycles. The molecule has 0 aromatic heterocycles. The van der Waals surface area contributed by atoms with Gasteiger partial charge in [0.05, 0.1) is 5.41 Å². The number of benzene rings is 2. The largest absolute Gasteiger partial charge is 0.489 e. The summed E-state index contributed by atoms with van der Waals surface area (Å²) in [7, 11) is 0. The van der Waals surface area contributed by atoms with Crippen LogP contribution in [0.15, 0.2) is 54.6 Å². The molecule has 3 rings (SSSR count). The van der Waals surface area contributed by atoms with E-state index in [0.29, 0.717) is 45.8 Å². The van der Waals surface area contributed by atoms with E-state index in [9.17, 15) is 4.79 Å². The third-order valence-electron chi connectivity index (χ3n) is 4.92. The van der Waals surface area contributed by atoms with E-state index in [1.807, 2.05) is 48.5 Å². The Balaban J connectivity index is 0.00000261. The van der Waals surface area contributed by atoms with E-state index in [2.05, 4.69) is 11.4 Å². The summed E-state index contributed by atoms with van der Waals surface area (Å²) >= 11 is 0. The van der Waals surface area contributed by atoms with Gasteiger partial charge in [0, 0.05) is 26.3 Å². The van der Waals surface area contributed by atoms with E-state index < -0.39 is 5.41 Å². The van der Waals surface area contributed by atoms with Crippen molar-refractivity contribution in [1.82, 2.24) is 5.32 Å². The molecule has 0 atom stereocenters. The van der Waals surface area contributed by atoms with Crippen LogP contribution in [0.5, 0.6) is 5.75 Å². The van der Waals surface area contributed by atoms with Crippen LogP contribution in [0.1, 0.15) is 24.0 Å². The Labute approximate surface area is 166 Å². The smallest absolute Gasteiger partial charge is 0.227 e. The summed E-state index contributed by atoms with van der Waals surface area (Å²) in [4.78, 5) is 12.6. The van der Waals surface area contributed by atoms with Gasteiger partial charge in [-0.05, 0) is 36.1 Å². The van der Waals surface area contributed by atoms with E-state index in [1.54, 1.807) is 0 Å². The van der Waals surface area contributed by atoms with Gasteiger partial charge in [0.2, 0.25) is 5.91 Å². The van der Waals surface area contributed by atoms with Crippen LogP contribution in [-0.2, 0) is 22.7 Å². The number of hydrogen-bond donors (Lipinski definition) is 2. The molecule has 1 aliphatic heterocycles. The molecule has 1 fully saturated rings. The van der Waals surface area contributed by atoms with Crippen molar-refractivity contribution in [1.29, 1.82) is 0 Å². The van der Waals surface area contributed by atoms with Crippen LogP contribution in [0.2, 0.25) is 0 Å². The number of para-hydroxylation sites is 1. The van der Waals surface area contributed by atoms with Crippen molar-refractivity contribution in [2.45, 2.75) is 26.0 Å². The first kappa shape index (κ1) is 21.2. The number of halogens is 1. The molecule has 0 aliphatic carbocycles. The van der Waals surface area contributed by atoms with Crippen molar-refractivity contribution >= 4 is 18.3 Å². The normalized spacial score (nSPS) is 15.4. The van der Waals surface area contributed by atoms with Gasteiger partial charge >= 0.3 is 0 Å². The van der Waals surface area contributed by atoms with Crippen molar-refractivity contribution in [3.63, 3.8) is 0 Å². The molecule has 2 aromatic rings. The highest BCUT2D eigenvalue weighted by atomic mass is 35.5. The highest BCUT2D eigenvalue weighted by molar-refractivity contribution is 5.85. The van der Waals surface area contributed by atoms with E-state index in [4.69, 9.17) is 15.2 Å². The average Bonchev–Trinajstić information content (AvgIpc) is 2.72. The molecule has 146 valence electrons. The lowest BCUT2D eigenvalue weighted by Crippen LogP contribution is -2.48. The SMILES string of the molecule is Cl.NCC1(C(=O)NCc2cccc(COc3ccccc3)c2)CCOCC1. The second-order valence-electron chi connectivity index (χ2n) is 6.70. The minimum absolute atomic E-state index is 0. The summed E-state index contributed by atoms with van der Waals surface area (Å²) in [5.74, 6) is 0.866. The van der Waals surface area contributed by atoms with Crippen molar-refractivity contribution in [3.8, 4) is 5.75 Å². The van der Waals surface area contributed by atoms with Crippen molar-refractivity contribution in [2.75, 3.05) is 19.8 Å². The van der Waals surface area contributed by atoms with Gasteiger partial charge in [0.15, 0.2) is 0 Å². The third-order valence-corrected chi connectivity index (χ3v) is 4.92. The molecule has 0 unspecified atom stereocenters. The molecule has 0 spiro atoms. The van der Waals surface area contributed by atoms with Gasteiger partial charge in [-0.3, -0.25) is 4.79 Å². The summed E-state index contributed by atoms with van der Waals surface area (Å²) in [5, 5.41) is 3.05. The number of carbonyl (C=O) groups is 1. The molecule has 0 bridgehead atoms. The van der Waals surface area contributed by atoms with Gasteiger partial charge in [-0.1, -0.05) is 42.5 Å². The molecule has 5 nitrogen and oxygen atoms in total. The predicted molar refractivity (Wildman–Crippen MR) is 108 cm³/mol. The van der Waals surface area contributed by atoms with Crippen LogP contribution in [0, 0.1) is 5.41 Å². The lowest BCUT2D eigenvalue weighted by atomic mass is 9.79.